The third-order valence-electron chi connectivity index (χ3n) is 17.8. The summed E-state index contributed by atoms with van der Waals surface area (Å²) in [7, 11) is 6.18. The molecule has 29 heteroatoms. The van der Waals surface area contributed by atoms with E-state index in [0.29, 0.717) is 105 Å². The van der Waals surface area contributed by atoms with Crippen molar-refractivity contribution in [3.63, 3.8) is 0 Å². The number of likely N-dealkylation sites (N-methyl/N-ethyl adjacent to an activating group) is 2. The Morgan fingerprint density at radius 2 is 0.990 bits per heavy atom. The summed E-state index contributed by atoms with van der Waals surface area (Å²) in [4.78, 5) is 102. The highest BCUT2D eigenvalue weighted by Crippen LogP contribution is 2.39. The number of nitrogens with zero attached hydrogens (tertiary/aromatic N) is 12. The van der Waals surface area contributed by atoms with Crippen LogP contribution < -0.4 is 32.0 Å². The van der Waals surface area contributed by atoms with Crippen molar-refractivity contribution in [1.29, 1.82) is 0 Å². The minimum Gasteiger partial charge on any atom is -0.496 e. The van der Waals surface area contributed by atoms with Gasteiger partial charge in [0.1, 0.15) is 72.9 Å². The summed E-state index contributed by atoms with van der Waals surface area (Å²) in [6.45, 7) is 15.7. The highest BCUT2D eigenvalue weighted by molar-refractivity contribution is 7.21. The largest absolute Gasteiger partial charge is 0.496 e. The van der Waals surface area contributed by atoms with E-state index >= 15 is 0 Å². The fourth-order valence-electron chi connectivity index (χ4n) is 11.9. The highest BCUT2D eigenvalue weighted by Gasteiger charge is 2.35. The molecule has 2 aromatic carbocycles. The monoisotopic (exact) mass is 1370 g/mol. The van der Waals surface area contributed by atoms with Gasteiger partial charge in [0.2, 0.25) is 11.8 Å². The quantitative estimate of drug-likeness (QED) is 0.0744. The van der Waals surface area contributed by atoms with Gasteiger partial charge in [0.25, 0.3) is 11.1 Å². The lowest BCUT2D eigenvalue weighted by Gasteiger charge is -2.31. The van der Waals surface area contributed by atoms with Crippen LogP contribution in [0.1, 0.15) is 160 Å². The topological polar surface area (TPSA) is 273 Å². The van der Waals surface area contributed by atoms with Gasteiger partial charge < -0.3 is 38.6 Å². The fraction of sp³-hybridized carbons (Fsp3) is 0.537. The lowest BCUT2D eigenvalue weighted by atomic mass is 9.94. The van der Waals surface area contributed by atoms with Crippen molar-refractivity contribution in [3.8, 4) is 21.5 Å². The molecule has 96 heavy (non-hydrogen) atoms. The van der Waals surface area contributed by atoms with Crippen molar-refractivity contribution < 1.29 is 52.0 Å². The van der Waals surface area contributed by atoms with Gasteiger partial charge in [-0.1, -0.05) is 30.1 Å². The molecular weight excluding hydrogens is 1280 g/mol. The molecule has 25 nitrogen and oxygen atoms in total. The van der Waals surface area contributed by atoms with Crippen LogP contribution in [-0.2, 0) is 41.7 Å². The Bertz CT molecular complexity index is 4240. The molecule has 0 unspecified atom stereocenters. The van der Waals surface area contributed by atoms with Gasteiger partial charge in [-0.15, -0.1) is 9.59 Å². The van der Waals surface area contributed by atoms with Gasteiger partial charge in [0.15, 0.2) is 0 Å². The Hall–Kier alpha value is -8.09. The molecule has 11 rings (SSSR count). The second-order valence-corrected chi connectivity index (χ2v) is 26.6. The number of amides is 2. The summed E-state index contributed by atoms with van der Waals surface area (Å²) in [6, 6.07) is 5.62. The molecule has 3 fully saturated rings. The van der Waals surface area contributed by atoms with Gasteiger partial charge in [-0.2, -0.15) is 20.4 Å². The molecule has 1 N–H and O–H groups in total. The van der Waals surface area contributed by atoms with Crippen LogP contribution in [-0.4, -0.2) is 153 Å². The molecule has 2 saturated carbocycles. The van der Waals surface area contributed by atoms with Crippen LogP contribution in [0.25, 0.3) is 30.4 Å². The van der Waals surface area contributed by atoms with Crippen LogP contribution in [0.5, 0.6) is 11.5 Å². The first-order valence-corrected chi connectivity index (χ1v) is 33.6. The number of hydrogen-bond donors (Lipinski definition) is 1. The number of ketones is 1. The van der Waals surface area contributed by atoms with E-state index in [1.807, 2.05) is 27.7 Å². The average Bonchev–Trinajstić information content (AvgIpc) is 1.54. The molecule has 520 valence electrons. The zero-order valence-corrected chi connectivity index (χ0v) is 57.3. The number of methoxy groups -OCH3 is 2. The second kappa shape index (κ2) is 32.3. The van der Waals surface area contributed by atoms with Crippen LogP contribution in [0, 0.1) is 25.5 Å². The summed E-state index contributed by atoms with van der Waals surface area (Å²) < 4.78 is 63.4. The number of halogens is 2. The summed E-state index contributed by atoms with van der Waals surface area (Å²) in [6.07, 6.45) is 9.78. The zero-order chi connectivity index (χ0) is 68.7. The van der Waals surface area contributed by atoms with Crippen LogP contribution >= 0.6 is 22.7 Å². The van der Waals surface area contributed by atoms with Gasteiger partial charge in [0.05, 0.1) is 81.2 Å². The van der Waals surface area contributed by atoms with E-state index in [1.54, 1.807) is 27.9 Å². The number of carbonyl (C=O) groups excluding carboxylic acids is 3. The minimum absolute atomic E-state index is 0. The number of benzene rings is 2. The third kappa shape index (κ3) is 16.0. The van der Waals surface area contributed by atoms with Crippen LogP contribution in [0.4, 0.5) is 8.78 Å². The van der Waals surface area contributed by atoms with Gasteiger partial charge in [-0.25, -0.2) is 27.5 Å². The summed E-state index contributed by atoms with van der Waals surface area (Å²) in [5.41, 5.74) is -0.754. The Kier molecular flexibility index (Phi) is 24.8. The molecule has 1 saturated heterocycles. The molecule has 2 amide bonds. The molecule has 0 spiro atoms. The number of carbonyl (C=O) groups is 3. The predicted octanol–water partition coefficient (Wildman–Crippen LogP) is 9.14. The van der Waals surface area contributed by atoms with Gasteiger partial charge >= 0.3 is 11.4 Å². The molecule has 4 atom stereocenters. The fourth-order valence-corrected chi connectivity index (χ4v) is 14.4. The summed E-state index contributed by atoms with van der Waals surface area (Å²) in [5.74, 6) is -0.927. The minimum atomic E-state index is -1.12. The van der Waals surface area contributed by atoms with Gasteiger partial charge in [-0.3, -0.25) is 33.1 Å². The Morgan fingerprint density at radius 3 is 1.33 bits per heavy atom. The first kappa shape index (κ1) is 73.7. The van der Waals surface area contributed by atoms with E-state index < -0.39 is 76.3 Å². The molecule has 8 aromatic rings. The van der Waals surface area contributed by atoms with Crippen LogP contribution in [0.15, 0.2) is 80.4 Å². The van der Waals surface area contributed by atoms with E-state index in [9.17, 15) is 47.4 Å². The van der Waals surface area contributed by atoms with E-state index in [1.165, 1.54) is 142 Å². The lowest BCUT2D eigenvalue weighted by Crippen LogP contribution is -2.48. The van der Waals surface area contributed by atoms with Crippen molar-refractivity contribution in [2.75, 3.05) is 41.5 Å². The molecule has 7 heterocycles. The standard InChI is InChI=1S/C31H39FN6O6S.C31H37FN6O6S.C4H8O.CH4/c2*1-17(2)35(5)27(40)19(4)37-28(41)26-18(3)29(38-33-13-14-34-38)45-30(26)36(31(37)42)16-25(44-22-10-8-21(39)9-11-22)23-15-20(32)7-12-24(23)43-6;1-2-4-5-3-1;/h7,12-15,17,19,21-22,25,39H,8-11,16H2,1-6H3;7,12-15,17,19,22,25H,8-11,16H2,1-6H3;1-4H2;1H4/t19-,21?,22?,25-;19-,25-;;/m00../s1. The maximum absolute atomic E-state index is 14.7. The smallest absolute Gasteiger partial charge is 0.332 e. The number of aliphatic hydroxyl groups is 1. The normalized spacial score (nSPS) is 17.1. The van der Waals surface area contributed by atoms with E-state index in [4.69, 9.17) is 23.7 Å². The number of rotatable bonds is 20. The van der Waals surface area contributed by atoms with Crippen molar-refractivity contribution in [1.82, 2.24) is 58.1 Å². The van der Waals surface area contributed by atoms with E-state index in [0.717, 1.165) is 33.7 Å². The molecule has 0 radical (unpaired) electrons. The number of fused-ring (bicyclic) bond motifs is 2. The Labute approximate surface area is 562 Å². The maximum Gasteiger partial charge on any atom is 0.332 e. The van der Waals surface area contributed by atoms with E-state index in [-0.39, 0.29) is 61.4 Å². The molecular formula is C67H88F2N12O13S2. The predicted molar refractivity (Wildman–Crippen MR) is 361 cm³/mol. The Balaban J connectivity index is 0.000000226. The molecule has 3 aliphatic rings. The highest BCUT2D eigenvalue weighted by atomic mass is 32.1. The van der Waals surface area contributed by atoms with Crippen LogP contribution in [0.3, 0.4) is 0 Å². The first-order valence-electron chi connectivity index (χ1n) is 31.9. The van der Waals surface area contributed by atoms with Gasteiger partial charge in [0, 0.05) is 74.5 Å². The number of hydrogen-bond acceptors (Lipinski definition) is 19. The SMILES string of the molecule is C.C1CCOC1.COc1ccc(F)cc1[C@H](Cn1c(=O)n([C@@H](C)C(=O)N(C)C(C)C)c(=O)c2c(C)c(-n3nccn3)sc21)OC1CCC(=O)CC1.COc1ccc(F)cc1[C@H](Cn1c(=O)n([C@@H](C)C(=O)N(C)C(C)C)c(=O)c2c(C)c(-n3nccn3)sc21)OC1CCC(O)CC1. The first-order chi connectivity index (χ1) is 45.3. The van der Waals surface area contributed by atoms with E-state index in [2.05, 4.69) is 20.4 Å². The molecule has 6 aromatic heterocycles. The average molecular weight is 1370 g/mol. The number of Topliss-reactive ketones (excluding diaryl/α,β-unsaturated/α-hetero) is 1. The molecule has 0 bridgehead atoms. The van der Waals surface area contributed by atoms with Crippen molar-refractivity contribution in [2.45, 2.75) is 195 Å². The zero-order valence-electron chi connectivity index (χ0n) is 55.7. The number of thiophene rings is 2. The lowest BCUT2D eigenvalue weighted by molar-refractivity contribution is -0.135. The molecule has 1 aliphatic heterocycles. The number of aliphatic hydroxyl groups excluding tert-OH is 1. The van der Waals surface area contributed by atoms with Crippen molar-refractivity contribution >= 4 is 60.7 Å². The third-order valence-corrected chi connectivity index (χ3v) is 20.4. The second-order valence-electron chi connectivity index (χ2n) is 24.6. The molecule has 2 aliphatic carbocycles. The summed E-state index contributed by atoms with van der Waals surface area (Å²) >= 11 is 2.33. The maximum atomic E-state index is 14.7. The van der Waals surface area contributed by atoms with Crippen molar-refractivity contribution in [2.24, 2.45) is 0 Å². The van der Waals surface area contributed by atoms with Gasteiger partial charge in [-0.05, 0) is 143 Å². The Morgan fingerprint density at radius 1 is 0.615 bits per heavy atom. The summed E-state index contributed by atoms with van der Waals surface area (Å²) in [5, 5.41) is 28.6. The van der Waals surface area contributed by atoms with Crippen molar-refractivity contribution in [3.05, 3.63) is 137 Å². The number of aryl methyl sites for hydroxylation is 2. The number of aromatic nitrogens is 10. The van der Waals surface area contributed by atoms with Crippen LogP contribution in [0.2, 0.25) is 0 Å². The number of ether oxygens (including phenoxy) is 5.